The van der Waals surface area contributed by atoms with Crippen LogP contribution in [0.15, 0.2) is 24.3 Å². The summed E-state index contributed by atoms with van der Waals surface area (Å²) in [5.41, 5.74) is 1.82. The minimum Gasteiger partial charge on any atom is -0.256 e. The first-order chi connectivity index (χ1) is 7.01. The molecule has 4 nitrogen and oxygen atoms in total. The lowest BCUT2D eigenvalue weighted by molar-refractivity contribution is 0.511. The second-order valence-corrected chi connectivity index (χ2v) is 5.70. The van der Waals surface area contributed by atoms with Gasteiger partial charge in [0.05, 0.1) is 5.69 Å². The molecule has 1 fully saturated rings. The van der Waals surface area contributed by atoms with Gasteiger partial charge in [-0.1, -0.05) is 12.1 Å². The molecule has 82 valence electrons. The molecule has 0 unspecified atom stereocenters. The van der Waals surface area contributed by atoms with E-state index in [-0.39, 0.29) is 0 Å². The van der Waals surface area contributed by atoms with Gasteiger partial charge in [-0.25, -0.2) is 0 Å². The van der Waals surface area contributed by atoms with Gasteiger partial charge >= 0.3 is 10.2 Å². The Morgan fingerprint density at radius 1 is 1.27 bits per heavy atom. The number of rotatable bonds is 1. The van der Waals surface area contributed by atoms with Gasteiger partial charge in [0.2, 0.25) is 0 Å². The quantitative estimate of drug-likeness (QED) is 0.716. The summed E-state index contributed by atoms with van der Waals surface area (Å²) in [5.74, 6) is 0. The van der Waals surface area contributed by atoms with Crippen molar-refractivity contribution in [3.05, 3.63) is 29.8 Å². The normalized spacial score (nSPS) is 20.8. The van der Waals surface area contributed by atoms with Crippen LogP contribution < -0.4 is 4.31 Å². The van der Waals surface area contributed by atoms with Crippen molar-refractivity contribution in [2.24, 2.45) is 0 Å². The van der Waals surface area contributed by atoms with Crippen LogP contribution in [0.3, 0.4) is 0 Å². The van der Waals surface area contributed by atoms with Crippen molar-refractivity contribution in [3.8, 4) is 0 Å². The molecular weight excluding hydrogens is 212 g/mol. The molecule has 1 aliphatic rings. The lowest BCUT2D eigenvalue weighted by atomic mass is 10.2. The maximum absolute atomic E-state index is 11.9. The number of hydrogen-bond donors (Lipinski definition) is 0. The fraction of sp³-hybridized carbons (Fsp3) is 0.400. The summed E-state index contributed by atoms with van der Waals surface area (Å²) in [6.45, 7) is 3.04. The molecule has 1 heterocycles. The highest BCUT2D eigenvalue weighted by Gasteiger charge is 2.33. The lowest BCUT2D eigenvalue weighted by Gasteiger charge is -2.18. The van der Waals surface area contributed by atoms with E-state index in [9.17, 15) is 8.42 Å². The van der Waals surface area contributed by atoms with Gasteiger partial charge in [0.1, 0.15) is 0 Å². The van der Waals surface area contributed by atoms with Gasteiger partial charge in [-0.15, -0.1) is 0 Å². The van der Waals surface area contributed by atoms with Crippen LogP contribution in [-0.2, 0) is 10.2 Å². The molecule has 1 saturated heterocycles. The van der Waals surface area contributed by atoms with E-state index in [2.05, 4.69) is 0 Å². The van der Waals surface area contributed by atoms with Crippen molar-refractivity contribution in [3.63, 3.8) is 0 Å². The summed E-state index contributed by atoms with van der Waals surface area (Å²) in [4.78, 5) is 0. The van der Waals surface area contributed by atoms with E-state index in [1.807, 2.05) is 31.2 Å². The number of aryl methyl sites for hydroxylation is 1. The summed E-state index contributed by atoms with van der Waals surface area (Å²) < 4.78 is 26.5. The first-order valence-corrected chi connectivity index (χ1v) is 6.22. The number of anilines is 1. The zero-order valence-electron chi connectivity index (χ0n) is 8.84. The molecule has 1 aromatic carbocycles. The molecule has 0 atom stereocenters. The van der Waals surface area contributed by atoms with Gasteiger partial charge in [-0.05, 0) is 24.6 Å². The van der Waals surface area contributed by atoms with Crippen LogP contribution >= 0.6 is 0 Å². The molecule has 0 radical (unpaired) electrons. The molecule has 15 heavy (non-hydrogen) atoms. The number of nitrogens with zero attached hydrogens (tertiary/aromatic N) is 2. The van der Waals surface area contributed by atoms with Crippen LogP contribution in [0, 0.1) is 6.92 Å². The SMILES string of the molecule is Cc1cccc(N2CCN(C)S2(=O)=O)c1. The Balaban J connectivity index is 2.41. The average molecular weight is 226 g/mol. The molecule has 0 aromatic heterocycles. The third-order valence-electron chi connectivity index (χ3n) is 2.58. The Labute approximate surface area is 90.3 Å². The summed E-state index contributed by atoms with van der Waals surface area (Å²) in [6.07, 6.45) is 0. The highest BCUT2D eigenvalue weighted by molar-refractivity contribution is 7.90. The highest BCUT2D eigenvalue weighted by atomic mass is 32.2. The topological polar surface area (TPSA) is 40.6 Å². The molecule has 2 rings (SSSR count). The van der Waals surface area contributed by atoms with Crippen molar-refractivity contribution in [1.82, 2.24) is 4.31 Å². The van der Waals surface area contributed by atoms with Gasteiger partial charge in [0, 0.05) is 20.1 Å². The van der Waals surface area contributed by atoms with Gasteiger partial charge in [0.25, 0.3) is 0 Å². The fourth-order valence-electron chi connectivity index (χ4n) is 1.68. The molecule has 0 amide bonds. The van der Waals surface area contributed by atoms with Crippen LogP contribution in [0.2, 0.25) is 0 Å². The molecule has 0 N–H and O–H groups in total. The fourth-order valence-corrected chi connectivity index (χ4v) is 3.02. The summed E-state index contributed by atoms with van der Waals surface area (Å²) >= 11 is 0. The monoisotopic (exact) mass is 226 g/mol. The van der Waals surface area contributed by atoms with Crippen LogP contribution in [0.25, 0.3) is 0 Å². The zero-order chi connectivity index (χ0) is 11.1. The van der Waals surface area contributed by atoms with E-state index in [1.165, 1.54) is 8.61 Å². The Kier molecular flexibility index (Phi) is 2.44. The molecule has 0 spiro atoms. The maximum atomic E-state index is 11.9. The van der Waals surface area contributed by atoms with Crippen LogP contribution in [0.5, 0.6) is 0 Å². The third-order valence-corrected chi connectivity index (χ3v) is 4.50. The average Bonchev–Trinajstić information content (AvgIpc) is 2.42. The molecule has 5 heteroatoms. The molecule has 1 aliphatic heterocycles. The van der Waals surface area contributed by atoms with Gasteiger partial charge in [-0.3, -0.25) is 4.31 Å². The summed E-state index contributed by atoms with van der Waals surface area (Å²) in [7, 11) is -1.67. The van der Waals surface area contributed by atoms with Gasteiger partial charge < -0.3 is 0 Å². The van der Waals surface area contributed by atoms with Crippen molar-refractivity contribution in [2.75, 3.05) is 24.4 Å². The molecular formula is C10H14N2O2S. The second kappa shape index (κ2) is 3.50. The Morgan fingerprint density at radius 2 is 2.00 bits per heavy atom. The number of benzene rings is 1. The van der Waals surface area contributed by atoms with Crippen molar-refractivity contribution in [2.45, 2.75) is 6.92 Å². The van der Waals surface area contributed by atoms with E-state index >= 15 is 0 Å². The van der Waals surface area contributed by atoms with Crippen molar-refractivity contribution < 1.29 is 8.42 Å². The van der Waals surface area contributed by atoms with E-state index in [0.717, 1.165) is 11.3 Å². The first kappa shape index (κ1) is 10.4. The molecule has 0 saturated carbocycles. The largest absolute Gasteiger partial charge is 0.303 e. The van der Waals surface area contributed by atoms with Gasteiger partial charge in [0.15, 0.2) is 0 Å². The Bertz CT molecular complexity index is 470. The second-order valence-electron chi connectivity index (χ2n) is 3.74. The lowest BCUT2D eigenvalue weighted by Crippen LogP contribution is -2.30. The maximum Gasteiger partial charge on any atom is 0.303 e. The van der Waals surface area contributed by atoms with Crippen LogP contribution in [-0.4, -0.2) is 32.9 Å². The number of likely N-dealkylation sites (N-methyl/N-ethyl adjacent to an activating group) is 1. The molecule has 0 bridgehead atoms. The smallest absolute Gasteiger partial charge is 0.256 e. The minimum atomic E-state index is -3.27. The zero-order valence-corrected chi connectivity index (χ0v) is 9.66. The number of hydrogen-bond acceptors (Lipinski definition) is 2. The Hall–Kier alpha value is -1.07. The van der Waals surface area contributed by atoms with Gasteiger partial charge in [-0.2, -0.15) is 12.7 Å². The molecule has 0 aliphatic carbocycles. The Morgan fingerprint density at radius 3 is 2.53 bits per heavy atom. The van der Waals surface area contributed by atoms with Crippen molar-refractivity contribution in [1.29, 1.82) is 0 Å². The third kappa shape index (κ3) is 1.72. The summed E-state index contributed by atoms with van der Waals surface area (Å²) in [5, 5.41) is 0. The van der Waals surface area contributed by atoms with E-state index in [1.54, 1.807) is 7.05 Å². The first-order valence-electron chi connectivity index (χ1n) is 4.82. The molecule has 1 aromatic rings. The van der Waals surface area contributed by atoms with E-state index < -0.39 is 10.2 Å². The van der Waals surface area contributed by atoms with E-state index in [4.69, 9.17) is 0 Å². The van der Waals surface area contributed by atoms with E-state index in [0.29, 0.717) is 13.1 Å². The van der Waals surface area contributed by atoms with Crippen LogP contribution in [0.1, 0.15) is 5.56 Å². The standard InChI is InChI=1S/C10H14N2O2S/c1-9-4-3-5-10(8-9)12-7-6-11(2)15(12,13)14/h3-5,8H,6-7H2,1-2H3. The predicted octanol–water partition coefficient (Wildman–Crippen LogP) is 0.992. The minimum absolute atomic E-state index is 0.530. The van der Waals surface area contributed by atoms with Crippen molar-refractivity contribution >= 4 is 15.9 Å². The van der Waals surface area contributed by atoms with Crippen LogP contribution in [0.4, 0.5) is 5.69 Å². The highest BCUT2D eigenvalue weighted by Crippen LogP contribution is 2.24. The predicted molar refractivity (Wildman–Crippen MR) is 60.1 cm³/mol. The summed E-state index contributed by atoms with van der Waals surface area (Å²) in [6, 6.07) is 7.54.